The quantitative estimate of drug-likeness (QED) is 0.342. The summed E-state index contributed by atoms with van der Waals surface area (Å²) in [6.07, 6.45) is 5.24. The van der Waals surface area contributed by atoms with E-state index in [9.17, 15) is 9.59 Å². The van der Waals surface area contributed by atoms with Gasteiger partial charge in [-0.15, -0.1) is 0 Å². The normalized spacial score (nSPS) is 16.8. The second kappa shape index (κ2) is 8.16. The Balaban J connectivity index is 2.02. The Morgan fingerprint density at radius 1 is 1.56 bits per heavy atom. The molecule has 1 unspecified atom stereocenters. The summed E-state index contributed by atoms with van der Waals surface area (Å²) in [5.41, 5.74) is 0. The van der Waals surface area contributed by atoms with E-state index in [1.165, 1.54) is 12.8 Å². The molecule has 0 aliphatic heterocycles. The number of nitrogens with one attached hydrogen (secondary N) is 1. The van der Waals surface area contributed by atoms with Crippen molar-refractivity contribution in [3.63, 3.8) is 0 Å². The zero-order valence-electron chi connectivity index (χ0n) is 9.41. The Hall–Kier alpha value is 0.0221. The van der Waals surface area contributed by atoms with Gasteiger partial charge in [0, 0.05) is 0 Å². The summed E-state index contributed by atoms with van der Waals surface area (Å²) in [4.78, 5) is 21.9. The number of amides is 1. The third kappa shape index (κ3) is 6.57. The molecule has 1 N–H and O–H groups in total. The van der Waals surface area contributed by atoms with E-state index in [0.717, 1.165) is 48.9 Å². The van der Waals surface area contributed by atoms with Gasteiger partial charge >= 0.3 is 112 Å². The van der Waals surface area contributed by atoms with E-state index < -0.39 is 0 Å². The van der Waals surface area contributed by atoms with Crippen molar-refractivity contribution in [1.29, 1.82) is 0 Å². The molecule has 0 aromatic rings. The fourth-order valence-electron chi connectivity index (χ4n) is 1.41. The number of ether oxygens (including phenoxy) is 1. The first-order chi connectivity index (χ1) is 7.76. The fourth-order valence-corrected chi connectivity index (χ4v) is 2.10. The molecule has 0 heterocycles. The topological polar surface area (TPSA) is 55.4 Å². The van der Waals surface area contributed by atoms with Crippen molar-refractivity contribution in [3.05, 3.63) is 0 Å². The van der Waals surface area contributed by atoms with E-state index >= 15 is 0 Å². The van der Waals surface area contributed by atoms with Crippen LogP contribution in [0.4, 0.5) is 0 Å². The predicted octanol–water partition coefficient (Wildman–Crippen LogP) is 0.811. The number of rotatable bonds is 9. The molecule has 1 fully saturated rings. The van der Waals surface area contributed by atoms with Crippen molar-refractivity contribution in [2.45, 2.75) is 42.2 Å². The van der Waals surface area contributed by atoms with Crippen LogP contribution in [0, 0.1) is 5.92 Å². The van der Waals surface area contributed by atoms with Crippen molar-refractivity contribution < 1.29 is 14.3 Å². The number of carbonyl (C=O) groups is 2. The van der Waals surface area contributed by atoms with Gasteiger partial charge in [-0.25, -0.2) is 0 Å². The maximum absolute atomic E-state index is 11.2. The van der Waals surface area contributed by atoms with Gasteiger partial charge in [0.2, 0.25) is 0 Å². The second-order valence-corrected chi connectivity index (χ2v) is 6.06. The molecule has 4 nitrogen and oxygen atoms in total. The van der Waals surface area contributed by atoms with Gasteiger partial charge in [-0.2, -0.15) is 0 Å². The molecule has 1 aliphatic carbocycles. The predicted molar refractivity (Wildman–Crippen MR) is 61.1 cm³/mol. The van der Waals surface area contributed by atoms with Crippen LogP contribution in [0.2, 0.25) is 3.98 Å². The van der Waals surface area contributed by atoms with Crippen molar-refractivity contribution in [2.24, 2.45) is 5.92 Å². The van der Waals surface area contributed by atoms with Gasteiger partial charge in [-0.1, -0.05) is 0 Å². The number of hydrogen-bond acceptors (Lipinski definition) is 3. The molecule has 16 heavy (non-hydrogen) atoms. The van der Waals surface area contributed by atoms with Gasteiger partial charge < -0.3 is 0 Å². The third-order valence-electron chi connectivity index (χ3n) is 2.56. The summed E-state index contributed by atoms with van der Waals surface area (Å²) < 4.78 is 6.45. The zero-order chi connectivity index (χ0) is 11.8. The standard InChI is InChI=1S/C11H18NO3.Pb/c1-2-3-11(14)12-8-15-10(7-13)6-9-4-5-9;/h7,9-10H,1-6,8H2,(H,12,14);. The summed E-state index contributed by atoms with van der Waals surface area (Å²) in [6, 6.07) is 0. The van der Waals surface area contributed by atoms with Gasteiger partial charge in [0.1, 0.15) is 0 Å². The average molecular weight is 419 g/mol. The minimum atomic E-state index is -0.341. The van der Waals surface area contributed by atoms with Crippen LogP contribution in [-0.2, 0) is 14.3 Å². The Kier molecular flexibility index (Phi) is 7.19. The summed E-state index contributed by atoms with van der Waals surface area (Å²) >= 11 is 1.14. The first-order valence-electron chi connectivity index (χ1n) is 5.74. The fraction of sp³-hybridized carbons (Fsp3) is 0.818. The summed E-state index contributed by atoms with van der Waals surface area (Å²) in [5.74, 6) is 0.683. The van der Waals surface area contributed by atoms with E-state index in [-0.39, 0.29) is 18.7 Å². The van der Waals surface area contributed by atoms with Crippen LogP contribution >= 0.6 is 0 Å². The van der Waals surface area contributed by atoms with Crippen LogP contribution in [0.25, 0.3) is 0 Å². The van der Waals surface area contributed by atoms with Crippen LogP contribution in [0.15, 0.2) is 0 Å². The SMILES string of the molecule is O=CC(CC1CC1)OCNC(=O)CC[CH2][Pb]. The third-order valence-corrected chi connectivity index (χ3v) is 3.94. The van der Waals surface area contributed by atoms with E-state index in [1.807, 2.05) is 0 Å². The molecule has 0 aromatic heterocycles. The van der Waals surface area contributed by atoms with Crippen LogP contribution in [-0.4, -0.2) is 50.8 Å². The number of hydrogen-bond donors (Lipinski definition) is 1. The Morgan fingerprint density at radius 3 is 2.88 bits per heavy atom. The van der Waals surface area contributed by atoms with Crippen molar-refractivity contribution in [2.75, 3.05) is 6.73 Å². The first-order valence-corrected chi connectivity index (χ1v) is 8.49. The molecule has 0 saturated heterocycles. The molecule has 0 aromatic carbocycles. The second-order valence-electron chi connectivity index (χ2n) is 4.12. The van der Waals surface area contributed by atoms with Crippen LogP contribution in [0.5, 0.6) is 0 Å². The minimum absolute atomic E-state index is 0.0203. The molecule has 1 aliphatic rings. The first kappa shape index (κ1) is 14.1. The van der Waals surface area contributed by atoms with Crippen molar-refractivity contribution >= 4 is 38.0 Å². The monoisotopic (exact) mass is 420 g/mol. The molecule has 5 heteroatoms. The van der Waals surface area contributed by atoms with E-state index in [0.29, 0.717) is 12.3 Å². The molecule has 0 bridgehead atoms. The van der Waals surface area contributed by atoms with E-state index in [1.54, 1.807) is 0 Å². The Labute approximate surface area is 112 Å². The van der Waals surface area contributed by atoms with Gasteiger partial charge in [0.05, 0.1) is 0 Å². The van der Waals surface area contributed by atoms with Gasteiger partial charge in [0.15, 0.2) is 0 Å². The molecule has 1 amide bonds. The molecular weight excluding hydrogens is 401 g/mol. The summed E-state index contributed by atoms with van der Waals surface area (Å²) in [7, 11) is 0. The molecule has 89 valence electrons. The molecule has 0 spiro atoms. The number of aldehydes is 1. The molecule has 1 saturated carbocycles. The number of carbonyl (C=O) groups excluding carboxylic acids is 2. The van der Waals surface area contributed by atoms with Crippen LogP contribution in [0.1, 0.15) is 32.1 Å². The molecular formula is C11H18NO3Pb. The Bertz CT molecular complexity index is 231. The van der Waals surface area contributed by atoms with Gasteiger partial charge in [-0.05, 0) is 0 Å². The average Bonchev–Trinajstić information content (AvgIpc) is 3.08. The van der Waals surface area contributed by atoms with Crippen LogP contribution < -0.4 is 5.32 Å². The van der Waals surface area contributed by atoms with Crippen LogP contribution in [0.3, 0.4) is 0 Å². The van der Waals surface area contributed by atoms with Gasteiger partial charge in [0.25, 0.3) is 0 Å². The van der Waals surface area contributed by atoms with Crippen molar-refractivity contribution in [3.8, 4) is 0 Å². The molecule has 1 atom stereocenters. The zero-order valence-corrected chi connectivity index (χ0v) is 13.3. The summed E-state index contributed by atoms with van der Waals surface area (Å²) in [5, 5.41) is 2.67. The van der Waals surface area contributed by atoms with E-state index in [4.69, 9.17) is 4.74 Å². The molecule has 1 rings (SSSR count). The Morgan fingerprint density at radius 2 is 2.31 bits per heavy atom. The molecule has 3 radical (unpaired) electrons. The van der Waals surface area contributed by atoms with Crippen molar-refractivity contribution in [1.82, 2.24) is 5.32 Å². The summed E-state index contributed by atoms with van der Waals surface area (Å²) in [6.45, 7) is 0.163. The maximum atomic E-state index is 11.2. The van der Waals surface area contributed by atoms with E-state index in [2.05, 4.69) is 5.32 Å². The van der Waals surface area contributed by atoms with Gasteiger partial charge in [-0.3, -0.25) is 0 Å².